The van der Waals surface area contributed by atoms with Crippen LogP contribution in [0.1, 0.15) is 32.1 Å². The molecule has 1 aliphatic rings. The summed E-state index contributed by atoms with van der Waals surface area (Å²) >= 11 is 0. The summed E-state index contributed by atoms with van der Waals surface area (Å²) in [5.41, 5.74) is 5.94. The fourth-order valence-corrected chi connectivity index (χ4v) is 2.07. The minimum atomic E-state index is 0.318. The predicted molar refractivity (Wildman–Crippen MR) is 39.9 cm³/mol. The van der Waals surface area contributed by atoms with E-state index in [1.807, 2.05) is 0 Å². The van der Waals surface area contributed by atoms with Gasteiger partial charge in [0, 0.05) is 10.2 Å². The first-order chi connectivity index (χ1) is 3.71. The average molecular weight is 129 g/mol. The average Bonchev–Trinajstić information content (AvgIpc) is 1.65. The molecule has 0 radical (unpaired) electrons. The normalized spacial score (nSPS) is 28.1. The molecular weight excluding hydrogens is 114 g/mol. The molecule has 0 amide bonds. The molecule has 2 N–H and O–H groups in total. The van der Waals surface area contributed by atoms with Crippen molar-refractivity contribution in [2.75, 3.05) is 0 Å². The maximum Gasteiger partial charge on any atom is 0.0278 e. The zero-order valence-corrected chi connectivity index (χ0v) is 7.61. The van der Waals surface area contributed by atoms with E-state index in [4.69, 9.17) is 5.73 Å². The number of hydrogen-bond donors (Lipinski definition) is 1. The minimum Gasteiger partial charge on any atom is -0.329 e. The lowest BCUT2D eigenvalue weighted by atomic mass is 9.95. The Morgan fingerprint density at radius 1 is 1.12 bits per heavy atom. The molecule has 1 nitrogen and oxygen atoms in total. The van der Waals surface area contributed by atoms with Crippen molar-refractivity contribution in [3.05, 3.63) is 0 Å². The van der Waals surface area contributed by atoms with Gasteiger partial charge in [-0.1, -0.05) is 19.3 Å². The van der Waals surface area contributed by atoms with Crippen LogP contribution in [-0.2, 0) is 0 Å². The van der Waals surface area contributed by atoms with Crippen LogP contribution in [0.25, 0.3) is 0 Å². The molecule has 0 atom stereocenters. The third-order valence-corrected chi connectivity index (χ3v) is 3.00. The summed E-state index contributed by atoms with van der Waals surface area (Å²) in [5.74, 6) is 0. The van der Waals surface area contributed by atoms with Gasteiger partial charge in [0.2, 0.25) is 0 Å². The lowest BCUT2D eigenvalue weighted by molar-refractivity contribution is 0.398. The van der Waals surface area contributed by atoms with Crippen LogP contribution < -0.4 is 5.73 Å². The van der Waals surface area contributed by atoms with Gasteiger partial charge in [-0.05, 0) is 18.0 Å². The second kappa shape index (κ2) is 2.19. The van der Waals surface area contributed by atoms with Gasteiger partial charge in [-0.25, -0.2) is 0 Å². The third kappa shape index (κ3) is 1.60. The van der Waals surface area contributed by atoms with Gasteiger partial charge in [-0.15, -0.1) is 0 Å². The first-order valence-corrected chi connectivity index (χ1v) is 4.50. The van der Waals surface area contributed by atoms with Crippen LogP contribution in [0.3, 0.4) is 0 Å². The quantitative estimate of drug-likeness (QED) is 0.457. The standard InChI is InChI=1S/C6H15NSi/c7-6(8)4-2-1-3-5-6/h1-5,7H2,8H3. The zero-order valence-electron chi connectivity index (χ0n) is 5.61. The summed E-state index contributed by atoms with van der Waals surface area (Å²) in [5, 5.41) is 0.318. The molecule has 0 aromatic rings. The molecule has 1 fully saturated rings. The highest BCUT2D eigenvalue weighted by atomic mass is 28.1. The molecule has 0 heterocycles. The molecule has 0 spiro atoms. The van der Waals surface area contributed by atoms with E-state index in [1.54, 1.807) is 0 Å². The Labute approximate surface area is 54.1 Å². The van der Waals surface area contributed by atoms with Crippen molar-refractivity contribution in [1.29, 1.82) is 0 Å². The van der Waals surface area contributed by atoms with Crippen LogP contribution >= 0.6 is 0 Å². The molecule has 0 saturated heterocycles. The number of hydrogen-bond acceptors (Lipinski definition) is 1. The highest BCUT2D eigenvalue weighted by Crippen LogP contribution is 2.22. The first-order valence-electron chi connectivity index (χ1n) is 3.50. The first kappa shape index (κ1) is 6.30. The van der Waals surface area contributed by atoms with E-state index >= 15 is 0 Å². The summed E-state index contributed by atoms with van der Waals surface area (Å²) in [6, 6.07) is 0. The van der Waals surface area contributed by atoms with Gasteiger partial charge in [0.1, 0.15) is 0 Å². The van der Waals surface area contributed by atoms with E-state index in [0.29, 0.717) is 5.16 Å². The van der Waals surface area contributed by atoms with Crippen LogP contribution in [-0.4, -0.2) is 15.4 Å². The van der Waals surface area contributed by atoms with Gasteiger partial charge >= 0.3 is 0 Å². The maximum absolute atomic E-state index is 5.94. The Bertz CT molecular complexity index is 72.6. The van der Waals surface area contributed by atoms with Crippen LogP contribution in [0.15, 0.2) is 0 Å². The van der Waals surface area contributed by atoms with E-state index in [9.17, 15) is 0 Å². The second-order valence-corrected chi connectivity index (χ2v) is 5.21. The smallest absolute Gasteiger partial charge is 0.0278 e. The molecular formula is C6H15NSi. The summed E-state index contributed by atoms with van der Waals surface area (Å²) in [4.78, 5) is 0. The van der Waals surface area contributed by atoms with Crippen LogP contribution in [0, 0.1) is 0 Å². The highest BCUT2D eigenvalue weighted by molar-refractivity contribution is 6.15. The Hall–Kier alpha value is 0.177. The molecule has 8 heavy (non-hydrogen) atoms. The Morgan fingerprint density at radius 3 is 1.88 bits per heavy atom. The van der Waals surface area contributed by atoms with Crippen molar-refractivity contribution in [3.63, 3.8) is 0 Å². The minimum absolute atomic E-state index is 0.318. The van der Waals surface area contributed by atoms with Gasteiger partial charge in [0.25, 0.3) is 0 Å². The van der Waals surface area contributed by atoms with Crippen LogP contribution in [0.2, 0.25) is 0 Å². The molecule has 1 aliphatic carbocycles. The van der Waals surface area contributed by atoms with Crippen LogP contribution in [0.4, 0.5) is 0 Å². The van der Waals surface area contributed by atoms with Crippen molar-refractivity contribution in [1.82, 2.24) is 0 Å². The Morgan fingerprint density at radius 2 is 1.62 bits per heavy atom. The van der Waals surface area contributed by atoms with Gasteiger partial charge in [0.05, 0.1) is 0 Å². The number of nitrogens with two attached hydrogens (primary N) is 1. The largest absolute Gasteiger partial charge is 0.329 e. The third-order valence-electron chi connectivity index (χ3n) is 2.00. The van der Waals surface area contributed by atoms with Crippen molar-refractivity contribution in [2.24, 2.45) is 5.73 Å². The fraction of sp³-hybridized carbons (Fsp3) is 1.00. The van der Waals surface area contributed by atoms with Gasteiger partial charge < -0.3 is 5.73 Å². The fourth-order valence-electron chi connectivity index (χ4n) is 1.36. The maximum atomic E-state index is 5.94. The summed E-state index contributed by atoms with van der Waals surface area (Å²) in [6.07, 6.45) is 6.75. The van der Waals surface area contributed by atoms with Crippen molar-refractivity contribution in [3.8, 4) is 0 Å². The van der Waals surface area contributed by atoms with Crippen LogP contribution in [0.5, 0.6) is 0 Å². The molecule has 2 heteroatoms. The highest BCUT2D eigenvalue weighted by Gasteiger charge is 2.20. The summed E-state index contributed by atoms with van der Waals surface area (Å²) in [6.45, 7) is 0. The molecule has 0 bridgehead atoms. The van der Waals surface area contributed by atoms with Gasteiger partial charge in [0.15, 0.2) is 0 Å². The van der Waals surface area contributed by atoms with E-state index in [2.05, 4.69) is 0 Å². The number of rotatable bonds is 0. The molecule has 1 rings (SSSR count). The summed E-state index contributed by atoms with van der Waals surface area (Å²) < 4.78 is 0. The lowest BCUT2D eigenvalue weighted by Gasteiger charge is -2.28. The molecule has 0 aromatic heterocycles. The van der Waals surface area contributed by atoms with E-state index < -0.39 is 0 Å². The van der Waals surface area contributed by atoms with Crippen molar-refractivity contribution in [2.45, 2.75) is 37.3 Å². The van der Waals surface area contributed by atoms with E-state index in [-0.39, 0.29) is 0 Å². The molecule has 1 saturated carbocycles. The topological polar surface area (TPSA) is 26.0 Å². The predicted octanol–water partition coefficient (Wildman–Crippen LogP) is -0.0291. The summed E-state index contributed by atoms with van der Waals surface area (Å²) in [7, 11) is 1.19. The van der Waals surface area contributed by atoms with Crippen molar-refractivity contribution < 1.29 is 0 Å². The second-order valence-electron chi connectivity index (χ2n) is 3.21. The zero-order chi connectivity index (χ0) is 6.04. The monoisotopic (exact) mass is 129 g/mol. The van der Waals surface area contributed by atoms with Crippen molar-refractivity contribution >= 4 is 10.2 Å². The van der Waals surface area contributed by atoms with E-state index in [0.717, 1.165) is 0 Å². The van der Waals surface area contributed by atoms with Gasteiger partial charge in [-0.2, -0.15) is 0 Å². The molecule has 0 aliphatic heterocycles. The molecule has 0 aromatic carbocycles. The molecule has 0 unspecified atom stereocenters. The Balaban J connectivity index is 2.33. The Kier molecular flexibility index (Phi) is 1.73. The lowest BCUT2D eigenvalue weighted by Crippen LogP contribution is -2.41. The van der Waals surface area contributed by atoms with E-state index in [1.165, 1.54) is 42.3 Å². The van der Waals surface area contributed by atoms with Gasteiger partial charge in [-0.3, -0.25) is 0 Å². The molecule has 48 valence electrons. The SMILES string of the molecule is NC1([SiH3])CCCCC1.